The van der Waals surface area contributed by atoms with Gasteiger partial charge in [-0.1, -0.05) is 26.7 Å². The molecule has 78 valence electrons. The van der Waals surface area contributed by atoms with E-state index in [9.17, 15) is 5.11 Å². The van der Waals surface area contributed by atoms with Crippen LogP contribution in [0.4, 0.5) is 0 Å². The summed E-state index contributed by atoms with van der Waals surface area (Å²) in [6.07, 6.45) is 5.64. The van der Waals surface area contributed by atoms with Crippen molar-refractivity contribution in [3.8, 4) is 0 Å². The molecule has 0 radical (unpaired) electrons. The lowest BCUT2D eigenvalue weighted by molar-refractivity contribution is 0.00348. The lowest BCUT2D eigenvalue weighted by Gasteiger charge is -2.29. The fourth-order valence-corrected chi connectivity index (χ4v) is 2.24. The summed E-state index contributed by atoms with van der Waals surface area (Å²) >= 11 is 0. The van der Waals surface area contributed by atoms with Crippen molar-refractivity contribution in [3.63, 3.8) is 0 Å². The summed E-state index contributed by atoms with van der Waals surface area (Å²) < 4.78 is 0. The van der Waals surface area contributed by atoms with Crippen molar-refractivity contribution in [2.45, 2.75) is 51.6 Å². The number of nitrogens with two attached hydrogens (primary N) is 1. The molecule has 0 spiro atoms. The van der Waals surface area contributed by atoms with Crippen molar-refractivity contribution in [3.05, 3.63) is 0 Å². The Labute approximate surface area is 81.5 Å². The predicted molar refractivity (Wildman–Crippen MR) is 55.4 cm³/mol. The van der Waals surface area contributed by atoms with Crippen LogP contribution in [-0.4, -0.2) is 17.3 Å². The zero-order chi connectivity index (χ0) is 9.90. The first kappa shape index (κ1) is 11.0. The van der Waals surface area contributed by atoms with Crippen molar-refractivity contribution >= 4 is 0 Å². The number of aliphatic hydroxyl groups is 1. The summed E-state index contributed by atoms with van der Waals surface area (Å²) in [7, 11) is 0. The molecule has 0 aromatic carbocycles. The van der Waals surface area contributed by atoms with Crippen LogP contribution in [-0.2, 0) is 0 Å². The van der Waals surface area contributed by atoms with E-state index < -0.39 is 5.60 Å². The molecule has 1 aliphatic carbocycles. The predicted octanol–water partition coefficient (Wildman–Crippen LogP) is 1.91. The highest BCUT2D eigenvalue weighted by atomic mass is 16.3. The summed E-state index contributed by atoms with van der Waals surface area (Å²) in [4.78, 5) is 0. The van der Waals surface area contributed by atoms with Gasteiger partial charge in [0.15, 0.2) is 0 Å². The Morgan fingerprint density at radius 2 is 2.15 bits per heavy atom. The molecule has 1 fully saturated rings. The van der Waals surface area contributed by atoms with Crippen LogP contribution in [0.5, 0.6) is 0 Å². The molecule has 0 heterocycles. The molecule has 1 saturated carbocycles. The van der Waals surface area contributed by atoms with E-state index in [2.05, 4.69) is 13.8 Å². The minimum absolute atomic E-state index is 0.436. The number of hydrogen-bond acceptors (Lipinski definition) is 2. The maximum atomic E-state index is 10.2. The molecule has 0 aromatic heterocycles. The van der Waals surface area contributed by atoms with Gasteiger partial charge < -0.3 is 10.8 Å². The van der Waals surface area contributed by atoms with Gasteiger partial charge in [-0.2, -0.15) is 0 Å². The van der Waals surface area contributed by atoms with Crippen molar-refractivity contribution in [2.75, 3.05) is 6.54 Å². The van der Waals surface area contributed by atoms with Crippen molar-refractivity contribution in [2.24, 2.45) is 17.6 Å². The van der Waals surface area contributed by atoms with E-state index in [0.717, 1.165) is 6.42 Å². The zero-order valence-electron chi connectivity index (χ0n) is 8.92. The van der Waals surface area contributed by atoms with Crippen molar-refractivity contribution < 1.29 is 5.11 Å². The summed E-state index contributed by atoms with van der Waals surface area (Å²) in [6, 6.07) is 0. The van der Waals surface area contributed by atoms with Crippen LogP contribution in [0.3, 0.4) is 0 Å². The van der Waals surface area contributed by atoms with Crippen molar-refractivity contribution in [1.29, 1.82) is 0 Å². The van der Waals surface area contributed by atoms with Gasteiger partial charge in [-0.15, -0.1) is 0 Å². The van der Waals surface area contributed by atoms with E-state index in [4.69, 9.17) is 5.73 Å². The third kappa shape index (κ3) is 2.96. The molecule has 1 aliphatic rings. The Morgan fingerprint density at radius 3 is 2.54 bits per heavy atom. The topological polar surface area (TPSA) is 46.2 Å². The van der Waals surface area contributed by atoms with Gasteiger partial charge in [0.2, 0.25) is 0 Å². The van der Waals surface area contributed by atoms with Crippen LogP contribution in [0.15, 0.2) is 0 Å². The monoisotopic (exact) mass is 185 g/mol. The molecular formula is C11H23NO. The standard InChI is InChI=1S/C11H23NO/c1-3-4-9(2)7-11(13,8-12)10-5-6-10/h9-10,13H,3-8,12H2,1-2H3. The highest BCUT2D eigenvalue weighted by Crippen LogP contribution is 2.42. The normalized spacial score (nSPS) is 24.0. The Balaban J connectivity index is 2.37. The van der Waals surface area contributed by atoms with Gasteiger partial charge in [0.25, 0.3) is 0 Å². The van der Waals surface area contributed by atoms with Gasteiger partial charge in [0.05, 0.1) is 5.60 Å². The minimum Gasteiger partial charge on any atom is -0.388 e. The van der Waals surface area contributed by atoms with Gasteiger partial charge in [0, 0.05) is 6.54 Å². The summed E-state index contributed by atoms with van der Waals surface area (Å²) in [6.45, 7) is 4.84. The molecule has 0 bridgehead atoms. The van der Waals surface area contributed by atoms with Gasteiger partial charge in [0.1, 0.15) is 0 Å². The molecule has 0 amide bonds. The van der Waals surface area contributed by atoms with E-state index in [-0.39, 0.29) is 0 Å². The third-order valence-corrected chi connectivity index (χ3v) is 3.17. The molecule has 13 heavy (non-hydrogen) atoms. The quantitative estimate of drug-likeness (QED) is 0.664. The highest BCUT2D eigenvalue weighted by molar-refractivity contribution is 4.96. The van der Waals surface area contributed by atoms with Gasteiger partial charge in [-0.25, -0.2) is 0 Å². The molecule has 2 heteroatoms. The van der Waals surface area contributed by atoms with Gasteiger partial charge >= 0.3 is 0 Å². The first-order valence-electron chi connectivity index (χ1n) is 5.55. The van der Waals surface area contributed by atoms with E-state index in [0.29, 0.717) is 18.4 Å². The number of hydrogen-bond donors (Lipinski definition) is 2. The zero-order valence-corrected chi connectivity index (χ0v) is 8.92. The largest absolute Gasteiger partial charge is 0.388 e. The maximum Gasteiger partial charge on any atom is 0.0799 e. The van der Waals surface area contributed by atoms with Gasteiger partial charge in [-0.3, -0.25) is 0 Å². The molecule has 2 nitrogen and oxygen atoms in total. The molecular weight excluding hydrogens is 162 g/mol. The third-order valence-electron chi connectivity index (χ3n) is 3.17. The van der Waals surface area contributed by atoms with Crippen LogP contribution < -0.4 is 5.73 Å². The van der Waals surface area contributed by atoms with E-state index in [1.165, 1.54) is 25.7 Å². The fraction of sp³-hybridized carbons (Fsp3) is 1.00. The molecule has 0 saturated heterocycles. The summed E-state index contributed by atoms with van der Waals surface area (Å²) in [5.41, 5.74) is 5.10. The van der Waals surface area contributed by atoms with Gasteiger partial charge in [-0.05, 0) is 31.1 Å². The van der Waals surface area contributed by atoms with E-state index >= 15 is 0 Å². The average Bonchev–Trinajstić information content (AvgIpc) is 2.86. The molecule has 2 atom stereocenters. The molecule has 3 N–H and O–H groups in total. The summed E-state index contributed by atoms with van der Waals surface area (Å²) in [5.74, 6) is 1.11. The molecule has 0 aliphatic heterocycles. The van der Waals surface area contributed by atoms with E-state index in [1.54, 1.807) is 0 Å². The second-order valence-electron chi connectivity index (χ2n) is 4.68. The van der Waals surface area contributed by atoms with Crippen LogP contribution >= 0.6 is 0 Å². The SMILES string of the molecule is CCCC(C)CC(O)(CN)C1CC1. The minimum atomic E-state index is -0.547. The molecule has 1 rings (SSSR count). The molecule has 0 aromatic rings. The smallest absolute Gasteiger partial charge is 0.0799 e. The lowest BCUT2D eigenvalue weighted by atomic mass is 9.85. The second kappa shape index (κ2) is 4.43. The van der Waals surface area contributed by atoms with Crippen LogP contribution in [0.2, 0.25) is 0 Å². The van der Waals surface area contributed by atoms with E-state index in [1.807, 2.05) is 0 Å². The highest BCUT2D eigenvalue weighted by Gasteiger charge is 2.43. The van der Waals surface area contributed by atoms with Crippen LogP contribution in [0.1, 0.15) is 46.0 Å². The Kier molecular flexibility index (Phi) is 3.74. The van der Waals surface area contributed by atoms with Crippen LogP contribution in [0, 0.1) is 11.8 Å². The fourth-order valence-electron chi connectivity index (χ4n) is 2.24. The molecule has 2 unspecified atom stereocenters. The Morgan fingerprint density at radius 1 is 1.54 bits per heavy atom. The van der Waals surface area contributed by atoms with Crippen molar-refractivity contribution in [1.82, 2.24) is 0 Å². The average molecular weight is 185 g/mol. The first-order valence-corrected chi connectivity index (χ1v) is 5.55. The summed E-state index contributed by atoms with van der Waals surface area (Å²) in [5, 5.41) is 10.2. The lowest BCUT2D eigenvalue weighted by Crippen LogP contribution is -2.41. The number of rotatable bonds is 6. The Bertz CT molecular complexity index is 156. The maximum absolute atomic E-state index is 10.2. The van der Waals surface area contributed by atoms with Crippen LogP contribution in [0.25, 0.3) is 0 Å². The second-order valence-corrected chi connectivity index (χ2v) is 4.68. The Hall–Kier alpha value is -0.0800. The first-order chi connectivity index (χ1) is 6.12.